The maximum atomic E-state index is 12.9. The van der Waals surface area contributed by atoms with Crippen molar-refractivity contribution in [2.75, 3.05) is 5.32 Å². The summed E-state index contributed by atoms with van der Waals surface area (Å²) in [5.74, 6) is 4.12. The Labute approximate surface area is 148 Å². The second kappa shape index (κ2) is 6.80. The molecule has 0 aliphatic carbocycles. The van der Waals surface area contributed by atoms with Gasteiger partial charge in [0, 0.05) is 28.7 Å². The highest BCUT2D eigenvalue weighted by molar-refractivity contribution is 6.30. The van der Waals surface area contributed by atoms with Crippen LogP contribution in [0.15, 0.2) is 54.9 Å². The van der Waals surface area contributed by atoms with Crippen molar-refractivity contribution in [3.8, 4) is 11.8 Å². The Bertz CT molecular complexity index is 1040. The van der Waals surface area contributed by atoms with E-state index in [1.54, 1.807) is 42.1 Å². The van der Waals surface area contributed by atoms with Crippen LogP contribution in [0.2, 0.25) is 5.02 Å². The summed E-state index contributed by atoms with van der Waals surface area (Å²) >= 11 is 5.86. The highest BCUT2D eigenvalue weighted by Crippen LogP contribution is 2.22. The average Bonchev–Trinajstić information content (AvgIpc) is 2.90. The summed E-state index contributed by atoms with van der Waals surface area (Å²) < 4.78 is 14.6. The molecule has 0 saturated heterocycles. The standard InChI is InChI=1S/C19H13ClFN3O/c1-12(21)19(25)22-15-8-10-18-16(11-15)17(23-24(18)2)9-5-13-3-6-14(20)7-4-13/h3-4,6-8,10-11H,1H2,2H3,(H,22,25). The number of nitrogens with zero attached hydrogens (tertiary/aromatic N) is 2. The molecular formula is C19H13ClFN3O. The molecule has 0 saturated carbocycles. The summed E-state index contributed by atoms with van der Waals surface area (Å²) in [7, 11) is 1.80. The Morgan fingerprint density at radius 2 is 1.96 bits per heavy atom. The highest BCUT2D eigenvalue weighted by atomic mass is 35.5. The van der Waals surface area contributed by atoms with Crippen LogP contribution in [0.25, 0.3) is 10.9 Å². The fraction of sp³-hybridized carbons (Fsp3) is 0.0526. The van der Waals surface area contributed by atoms with E-state index < -0.39 is 11.7 Å². The van der Waals surface area contributed by atoms with E-state index in [9.17, 15) is 9.18 Å². The first kappa shape index (κ1) is 16.7. The number of halogens is 2. The van der Waals surface area contributed by atoms with E-state index in [4.69, 9.17) is 11.6 Å². The summed E-state index contributed by atoms with van der Waals surface area (Å²) in [4.78, 5) is 11.4. The summed E-state index contributed by atoms with van der Waals surface area (Å²) in [5, 5.41) is 8.23. The van der Waals surface area contributed by atoms with Gasteiger partial charge in [-0.05, 0) is 48.4 Å². The molecule has 3 rings (SSSR count). The van der Waals surface area contributed by atoms with Crippen molar-refractivity contribution in [3.05, 3.63) is 71.2 Å². The molecule has 1 amide bonds. The van der Waals surface area contributed by atoms with Gasteiger partial charge in [-0.3, -0.25) is 9.48 Å². The van der Waals surface area contributed by atoms with Gasteiger partial charge >= 0.3 is 0 Å². The van der Waals surface area contributed by atoms with E-state index >= 15 is 0 Å². The average molecular weight is 354 g/mol. The van der Waals surface area contributed by atoms with Crippen LogP contribution in [0.4, 0.5) is 10.1 Å². The lowest BCUT2D eigenvalue weighted by Gasteiger charge is -2.03. The monoisotopic (exact) mass is 353 g/mol. The molecule has 0 unspecified atom stereocenters. The number of benzene rings is 2. The van der Waals surface area contributed by atoms with Gasteiger partial charge in [0.05, 0.1) is 5.52 Å². The molecule has 1 aromatic heterocycles. The van der Waals surface area contributed by atoms with Crippen molar-refractivity contribution in [2.24, 2.45) is 7.05 Å². The van der Waals surface area contributed by atoms with Gasteiger partial charge in [-0.15, -0.1) is 0 Å². The molecular weight excluding hydrogens is 341 g/mol. The van der Waals surface area contributed by atoms with E-state index in [1.165, 1.54) is 0 Å². The number of anilines is 1. The lowest BCUT2D eigenvalue weighted by Crippen LogP contribution is -2.10. The predicted molar refractivity (Wildman–Crippen MR) is 97.0 cm³/mol. The van der Waals surface area contributed by atoms with Crippen LogP contribution in [-0.2, 0) is 11.8 Å². The fourth-order valence-corrected chi connectivity index (χ4v) is 2.43. The van der Waals surface area contributed by atoms with Gasteiger partial charge in [0.2, 0.25) is 0 Å². The molecule has 0 radical (unpaired) electrons. The van der Waals surface area contributed by atoms with E-state index in [2.05, 4.69) is 28.8 Å². The van der Waals surface area contributed by atoms with E-state index in [0.717, 1.165) is 16.5 Å². The number of aromatic nitrogens is 2. The van der Waals surface area contributed by atoms with Crippen LogP contribution in [0, 0.1) is 11.8 Å². The molecule has 0 bridgehead atoms. The molecule has 1 N–H and O–H groups in total. The summed E-state index contributed by atoms with van der Waals surface area (Å²) in [6, 6.07) is 12.3. The third-order valence-electron chi connectivity index (χ3n) is 3.52. The molecule has 0 atom stereocenters. The normalized spacial score (nSPS) is 10.2. The minimum atomic E-state index is -1.05. The topological polar surface area (TPSA) is 46.9 Å². The maximum Gasteiger partial charge on any atom is 0.283 e. The van der Waals surface area contributed by atoms with Crippen molar-refractivity contribution in [1.29, 1.82) is 0 Å². The fourth-order valence-electron chi connectivity index (χ4n) is 2.30. The zero-order chi connectivity index (χ0) is 18.0. The first-order valence-electron chi connectivity index (χ1n) is 7.34. The predicted octanol–water partition coefficient (Wildman–Crippen LogP) is 4.05. The minimum absolute atomic E-state index is 0.443. The van der Waals surface area contributed by atoms with E-state index in [-0.39, 0.29) is 0 Å². The van der Waals surface area contributed by atoms with E-state index in [1.807, 2.05) is 12.1 Å². The van der Waals surface area contributed by atoms with Crippen LogP contribution in [0.5, 0.6) is 0 Å². The van der Waals surface area contributed by atoms with Crippen molar-refractivity contribution < 1.29 is 9.18 Å². The molecule has 4 nitrogen and oxygen atoms in total. The third-order valence-corrected chi connectivity index (χ3v) is 3.78. The van der Waals surface area contributed by atoms with Crippen molar-refractivity contribution in [3.63, 3.8) is 0 Å². The van der Waals surface area contributed by atoms with Crippen LogP contribution in [-0.4, -0.2) is 15.7 Å². The molecule has 3 aromatic rings. The zero-order valence-electron chi connectivity index (χ0n) is 13.3. The third kappa shape index (κ3) is 3.70. The molecule has 6 heteroatoms. The number of nitrogens with one attached hydrogen (secondary N) is 1. The lowest BCUT2D eigenvalue weighted by molar-refractivity contribution is -0.114. The maximum absolute atomic E-state index is 12.9. The number of carbonyl (C=O) groups excluding carboxylic acids is 1. The molecule has 0 spiro atoms. The number of fused-ring (bicyclic) bond motifs is 1. The van der Waals surface area contributed by atoms with Crippen molar-refractivity contribution in [2.45, 2.75) is 0 Å². The first-order valence-corrected chi connectivity index (χ1v) is 7.72. The molecule has 25 heavy (non-hydrogen) atoms. The summed E-state index contributed by atoms with van der Waals surface area (Å²) in [6.07, 6.45) is 0. The van der Waals surface area contributed by atoms with Crippen LogP contribution >= 0.6 is 11.6 Å². The van der Waals surface area contributed by atoms with Gasteiger partial charge in [-0.25, -0.2) is 4.39 Å². The molecule has 2 aromatic carbocycles. The number of aryl methyl sites for hydroxylation is 1. The quantitative estimate of drug-likeness (QED) is 0.558. The number of hydrogen-bond donors (Lipinski definition) is 1. The summed E-state index contributed by atoms with van der Waals surface area (Å²) in [6.45, 7) is 2.98. The molecule has 0 aliphatic heterocycles. The number of carbonyl (C=O) groups is 1. The van der Waals surface area contributed by atoms with Crippen molar-refractivity contribution in [1.82, 2.24) is 9.78 Å². The highest BCUT2D eigenvalue weighted by Gasteiger charge is 2.10. The Morgan fingerprint density at radius 3 is 2.64 bits per heavy atom. The molecule has 124 valence electrons. The minimum Gasteiger partial charge on any atom is -0.320 e. The first-order chi connectivity index (χ1) is 11.9. The van der Waals surface area contributed by atoms with Gasteiger partial charge in [-0.1, -0.05) is 24.1 Å². The van der Waals surface area contributed by atoms with Crippen LogP contribution in [0.1, 0.15) is 11.3 Å². The lowest BCUT2D eigenvalue weighted by atomic mass is 10.1. The van der Waals surface area contributed by atoms with Crippen molar-refractivity contribution >= 4 is 34.1 Å². The van der Waals surface area contributed by atoms with E-state index in [0.29, 0.717) is 16.4 Å². The van der Waals surface area contributed by atoms with Crippen LogP contribution < -0.4 is 5.32 Å². The van der Waals surface area contributed by atoms with Gasteiger partial charge in [-0.2, -0.15) is 5.10 Å². The van der Waals surface area contributed by atoms with Gasteiger partial charge in [0.15, 0.2) is 5.83 Å². The number of hydrogen-bond acceptors (Lipinski definition) is 2. The number of rotatable bonds is 2. The zero-order valence-corrected chi connectivity index (χ0v) is 14.1. The summed E-state index contributed by atoms with van der Waals surface area (Å²) in [5.41, 5.74) is 2.65. The Morgan fingerprint density at radius 1 is 1.24 bits per heavy atom. The van der Waals surface area contributed by atoms with Gasteiger partial charge in [0.25, 0.3) is 5.91 Å². The largest absolute Gasteiger partial charge is 0.320 e. The second-order valence-electron chi connectivity index (χ2n) is 5.32. The smallest absolute Gasteiger partial charge is 0.283 e. The SMILES string of the molecule is C=C(F)C(=O)Nc1ccc2c(c1)c(C#Cc1ccc(Cl)cc1)nn2C. The Kier molecular flexibility index (Phi) is 4.55. The van der Waals surface area contributed by atoms with Gasteiger partial charge in [0.1, 0.15) is 5.69 Å². The Balaban J connectivity index is 1.99. The Hall–Kier alpha value is -3.10. The number of amides is 1. The van der Waals surface area contributed by atoms with Crippen LogP contribution in [0.3, 0.4) is 0 Å². The molecule has 1 heterocycles. The molecule has 0 fully saturated rings. The van der Waals surface area contributed by atoms with Gasteiger partial charge < -0.3 is 5.32 Å². The second-order valence-corrected chi connectivity index (χ2v) is 5.76. The molecule has 0 aliphatic rings.